The van der Waals surface area contributed by atoms with E-state index in [1.54, 1.807) is 62.3 Å². The van der Waals surface area contributed by atoms with Crippen LogP contribution in [0, 0.1) is 0 Å². The first-order valence-electron chi connectivity index (χ1n) is 11.4. The maximum absolute atomic E-state index is 11.8. The van der Waals surface area contributed by atoms with Gasteiger partial charge in [0, 0.05) is 6.54 Å². The molecule has 0 fully saturated rings. The average Bonchev–Trinajstić information content (AvgIpc) is 2.55. The Bertz CT molecular complexity index is 568. The molecule has 0 saturated heterocycles. The third-order valence-corrected chi connectivity index (χ3v) is 2.68. The highest BCUT2D eigenvalue weighted by Crippen LogP contribution is 2.08. The Morgan fingerprint density at radius 3 is 1.33 bits per heavy atom. The van der Waals surface area contributed by atoms with E-state index in [0.717, 1.165) is 19.3 Å². The normalized spacial score (nSPS) is 10.8. The van der Waals surface area contributed by atoms with Crippen molar-refractivity contribution in [2.24, 2.45) is 10.7 Å². The number of carbonyl (C=O) groups is 3. The Morgan fingerprint density at radius 2 is 1.09 bits per heavy atom. The summed E-state index contributed by atoms with van der Waals surface area (Å²) in [5.74, 6) is 0.0320. The summed E-state index contributed by atoms with van der Waals surface area (Å²) in [5, 5.41) is 4.89. The standard InChI is InChI=1S/C16H31N3O4.C5H11NO2.C2H6/c1-8-9-10-11-17-12(18-13(20)22-15(2,3)4)19-14(21)23-16(5,6)7;1-5(2,3)8-4(6)7;1-2/h8-11H2,1-7H3,(H2,17,18,19,20,21);1-3H3,(H2,6,7);1-2H3. The highest BCUT2D eigenvalue weighted by atomic mass is 16.6. The van der Waals surface area contributed by atoms with Crippen LogP contribution >= 0.6 is 0 Å². The van der Waals surface area contributed by atoms with Gasteiger partial charge in [0.1, 0.15) is 16.8 Å². The van der Waals surface area contributed by atoms with Crippen LogP contribution in [0.25, 0.3) is 0 Å². The predicted molar refractivity (Wildman–Crippen MR) is 132 cm³/mol. The Hall–Kier alpha value is -2.52. The molecule has 0 bridgehead atoms. The second kappa shape index (κ2) is 17.0. The highest BCUT2D eigenvalue weighted by Gasteiger charge is 2.21. The van der Waals surface area contributed by atoms with E-state index in [9.17, 15) is 14.4 Å². The van der Waals surface area contributed by atoms with Gasteiger partial charge in [-0.2, -0.15) is 0 Å². The minimum Gasteiger partial charge on any atom is -0.444 e. The van der Waals surface area contributed by atoms with Crippen molar-refractivity contribution in [1.82, 2.24) is 10.6 Å². The maximum Gasteiger partial charge on any atom is 0.414 e. The lowest BCUT2D eigenvalue weighted by molar-refractivity contribution is 0.0540. The Balaban J connectivity index is -0.000000754. The molecular weight excluding hydrogens is 428 g/mol. The Kier molecular flexibility index (Phi) is 18.1. The number of amides is 3. The molecule has 0 aliphatic rings. The highest BCUT2D eigenvalue weighted by molar-refractivity contribution is 6.01. The van der Waals surface area contributed by atoms with Gasteiger partial charge in [0.05, 0.1) is 0 Å². The number of primary amides is 1. The van der Waals surface area contributed by atoms with Crippen molar-refractivity contribution < 1.29 is 28.6 Å². The van der Waals surface area contributed by atoms with Crippen LogP contribution in [0.2, 0.25) is 0 Å². The summed E-state index contributed by atoms with van der Waals surface area (Å²) in [5.41, 5.74) is 2.99. The van der Waals surface area contributed by atoms with Crippen LogP contribution in [-0.2, 0) is 14.2 Å². The lowest BCUT2D eigenvalue weighted by Gasteiger charge is -2.22. The van der Waals surface area contributed by atoms with E-state index >= 15 is 0 Å². The topological polar surface area (TPSA) is 141 Å². The molecule has 3 amide bonds. The van der Waals surface area contributed by atoms with E-state index in [4.69, 9.17) is 15.2 Å². The van der Waals surface area contributed by atoms with Crippen LogP contribution in [-0.4, -0.2) is 47.6 Å². The first kappa shape index (κ1) is 35.1. The average molecular weight is 477 g/mol. The van der Waals surface area contributed by atoms with Gasteiger partial charge in [-0.1, -0.05) is 33.6 Å². The van der Waals surface area contributed by atoms with Gasteiger partial charge in [0.25, 0.3) is 0 Å². The number of hydrogen-bond acceptors (Lipinski definition) is 7. The number of unbranched alkanes of at least 4 members (excludes halogenated alkanes) is 2. The van der Waals surface area contributed by atoms with E-state index in [1.165, 1.54) is 0 Å². The van der Waals surface area contributed by atoms with Gasteiger partial charge in [-0.05, 0) is 68.7 Å². The fourth-order valence-corrected chi connectivity index (χ4v) is 1.77. The fraction of sp³-hybridized carbons (Fsp3) is 0.826. The summed E-state index contributed by atoms with van der Waals surface area (Å²) in [6, 6.07) is 0. The molecule has 10 nitrogen and oxygen atoms in total. The molecule has 0 unspecified atom stereocenters. The Labute approximate surface area is 200 Å². The summed E-state index contributed by atoms with van der Waals surface area (Å²) in [6.07, 6.45) is 0.869. The first-order valence-corrected chi connectivity index (χ1v) is 11.4. The van der Waals surface area contributed by atoms with E-state index in [2.05, 4.69) is 27.3 Å². The van der Waals surface area contributed by atoms with Crippen LogP contribution < -0.4 is 16.4 Å². The zero-order valence-corrected chi connectivity index (χ0v) is 22.8. The van der Waals surface area contributed by atoms with Gasteiger partial charge in [-0.25, -0.2) is 14.4 Å². The molecule has 0 radical (unpaired) electrons. The number of aliphatic imine (C=N–C) groups is 1. The van der Waals surface area contributed by atoms with Crippen molar-refractivity contribution in [3.05, 3.63) is 0 Å². The zero-order valence-electron chi connectivity index (χ0n) is 22.8. The van der Waals surface area contributed by atoms with E-state index in [1.807, 2.05) is 13.8 Å². The molecule has 33 heavy (non-hydrogen) atoms. The molecule has 0 aromatic carbocycles. The SMILES string of the molecule is CC.CC(C)(C)OC(N)=O.CCCCCN=C(NC(=O)OC(C)(C)C)NC(=O)OC(C)(C)C. The zero-order chi connectivity index (χ0) is 26.9. The van der Waals surface area contributed by atoms with Crippen LogP contribution in [0.3, 0.4) is 0 Å². The number of guanidine groups is 1. The molecule has 196 valence electrons. The summed E-state index contributed by atoms with van der Waals surface area (Å²) in [6.45, 7) is 22.4. The summed E-state index contributed by atoms with van der Waals surface area (Å²) >= 11 is 0. The van der Waals surface area contributed by atoms with Gasteiger partial charge in [-0.15, -0.1) is 0 Å². The minimum atomic E-state index is -0.725. The molecule has 0 aromatic heterocycles. The Morgan fingerprint density at radius 1 is 0.727 bits per heavy atom. The molecule has 4 N–H and O–H groups in total. The molecule has 0 aromatic rings. The molecule has 0 atom stereocenters. The van der Waals surface area contributed by atoms with Crippen LogP contribution in [0.5, 0.6) is 0 Å². The number of ether oxygens (including phenoxy) is 3. The van der Waals surface area contributed by atoms with Crippen LogP contribution in [0.15, 0.2) is 4.99 Å². The number of rotatable bonds is 4. The second-order valence-corrected chi connectivity index (χ2v) is 9.72. The largest absolute Gasteiger partial charge is 0.444 e. The third-order valence-electron chi connectivity index (χ3n) is 2.68. The fourth-order valence-electron chi connectivity index (χ4n) is 1.77. The van der Waals surface area contributed by atoms with Crippen molar-refractivity contribution in [3.63, 3.8) is 0 Å². The van der Waals surface area contributed by atoms with Crippen molar-refractivity contribution in [2.45, 2.75) is 119 Å². The van der Waals surface area contributed by atoms with Crippen LogP contribution in [0.1, 0.15) is 102 Å². The van der Waals surface area contributed by atoms with Gasteiger partial charge in [0.2, 0.25) is 5.96 Å². The number of alkyl carbamates (subject to hydrolysis) is 2. The molecule has 0 spiro atoms. The number of nitrogens with zero attached hydrogens (tertiary/aromatic N) is 1. The van der Waals surface area contributed by atoms with Crippen molar-refractivity contribution in [1.29, 1.82) is 0 Å². The molecule has 0 saturated carbocycles. The number of nitrogens with two attached hydrogens (primary N) is 1. The second-order valence-electron chi connectivity index (χ2n) is 9.72. The first-order chi connectivity index (χ1) is 14.8. The lowest BCUT2D eigenvalue weighted by Crippen LogP contribution is -2.47. The minimum absolute atomic E-state index is 0.0320. The number of hydrogen-bond donors (Lipinski definition) is 3. The summed E-state index contributed by atoms with van der Waals surface area (Å²) in [7, 11) is 0. The molecular formula is C23H48N4O6. The van der Waals surface area contributed by atoms with Crippen LogP contribution in [0.4, 0.5) is 14.4 Å². The van der Waals surface area contributed by atoms with Crippen molar-refractivity contribution >= 4 is 24.2 Å². The van der Waals surface area contributed by atoms with E-state index in [0.29, 0.717) is 6.54 Å². The van der Waals surface area contributed by atoms with Crippen molar-refractivity contribution in [2.75, 3.05) is 6.54 Å². The van der Waals surface area contributed by atoms with E-state index < -0.39 is 35.1 Å². The predicted octanol–water partition coefficient (Wildman–Crippen LogP) is 5.49. The van der Waals surface area contributed by atoms with Crippen molar-refractivity contribution in [3.8, 4) is 0 Å². The number of nitrogens with one attached hydrogen (secondary N) is 2. The quantitative estimate of drug-likeness (QED) is 0.212. The molecule has 0 rings (SSSR count). The molecule has 0 aliphatic heterocycles. The van der Waals surface area contributed by atoms with Gasteiger partial charge in [-0.3, -0.25) is 15.6 Å². The van der Waals surface area contributed by atoms with Gasteiger partial charge < -0.3 is 19.9 Å². The molecule has 0 heterocycles. The smallest absolute Gasteiger partial charge is 0.414 e. The van der Waals surface area contributed by atoms with Gasteiger partial charge >= 0.3 is 18.3 Å². The lowest BCUT2D eigenvalue weighted by atomic mass is 10.2. The number of carbonyl (C=O) groups excluding carboxylic acids is 3. The molecule has 10 heteroatoms. The summed E-state index contributed by atoms with van der Waals surface area (Å²) in [4.78, 5) is 37.8. The summed E-state index contributed by atoms with van der Waals surface area (Å²) < 4.78 is 14.9. The monoisotopic (exact) mass is 476 g/mol. The van der Waals surface area contributed by atoms with E-state index in [-0.39, 0.29) is 5.96 Å². The van der Waals surface area contributed by atoms with Gasteiger partial charge in [0.15, 0.2) is 0 Å². The third kappa shape index (κ3) is 31.7. The maximum atomic E-state index is 11.8. The molecule has 0 aliphatic carbocycles.